The van der Waals surface area contributed by atoms with Crippen LogP contribution in [0.5, 0.6) is 0 Å². The predicted molar refractivity (Wildman–Crippen MR) is 139 cm³/mol. The summed E-state index contributed by atoms with van der Waals surface area (Å²) >= 11 is 19.5. The maximum atomic E-state index is 13.6. The van der Waals surface area contributed by atoms with Gasteiger partial charge in [0, 0.05) is 20.8 Å². The molecule has 2 aromatic rings. The lowest BCUT2D eigenvalue weighted by Crippen LogP contribution is -2.52. The molecule has 1 heterocycles. The normalized spacial score (nSPS) is 29.0. The van der Waals surface area contributed by atoms with E-state index in [1.807, 2.05) is 6.92 Å². The molecule has 6 nitrogen and oxygen atoms in total. The van der Waals surface area contributed by atoms with Crippen LogP contribution in [-0.4, -0.2) is 49.7 Å². The van der Waals surface area contributed by atoms with E-state index >= 15 is 0 Å². The highest BCUT2D eigenvalue weighted by Gasteiger charge is 2.67. The van der Waals surface area contributed by atoms with Crippen LogP contribution < -0.4 is 0 Å². The Kier molecular flexibility index (Phi) is 6.62. The molecule has 5 rings (SSSR count). The first-order valence-corrected chi connectivity index (χ1v) is 13.7. The van der Waals surface area contributed by atoms with Gasteiger partial charge >= 0.3 is 0 Å². The smallest absolute Gasteiger partial charge is 0.273 e. The summed E-state index contributed by atoms with van der Waals surface area (Å²) in [6.45, 7) is 1.43. The van der Waals surface area contributed by atoms with Gasteiger partial charge in [-0.25, -0.2) is 5.01 Å². The molecule has 0 spiro atoms. The van der Waals surface area contributed by atoms with Crippen molar-refractivity contribution in [3.05, 3.63) is 69.2 Å². The number of amides is 3. The first-order valence-electron chi connectivity index (χ1n) is 11.1. The molecule has 182 valence electrons. The van der Waals surface area contributed by atoms with Crippen molar-refractivity contribution in [2.75, 3.05) is 6.54 Å². The van der Waals surface area contributed by atoms with Gasteiger partial charge in [-0.2, -0.15) is 5.01 Å². The number of rotatable bonds is 5. The van der Waals surface area contributed by atoms with Crippen LogP contribution >= 0.6 is 55.1 Å². The summed E-state index contributed by atoms with van der Waals surface area (Å²) in [5.41, 5.74) is 1.48. The number of carbonyl (C=O) groups is 4. The molecule has 0 radical (unpaired) electrons. The zero-order chi connectivity index (χ0) is 25.2. The van der Waals surface area contributed by atoms with Gasteiger partial charge in [-0.3, -0.25) is 19.2 Å². The van der Waals surface area contributed by atoms with Gasteiger partial charge in [-0.1, -0.05) is 84.9 Å². The Morgan fingerprint density at radius 2 is 1.46 bits per heavy atom. The number of imide groups is 1. The average molecular weight is 643 g/mol. The number of hydrogen-bond donors (Lipinski definition) is 0. The number of benzene rings is 2. The molecular weight excluding hydrogens is 623 g/mol. The van der Waals surface area contributed by atoms with Crippen LogP contribution in [0.15, 0.2) is 42.5 Å². The summed E-state index contributed by atoms with van der Waals surface area (Å²) < 4.78 is 0. The number of fused-ring (bicyclic) bond motifs is 5. The van der Waals surface area contributed by atoms with Crippen molar-refractivity contribution in [2.24, 2.45) is 23.7 Å². The number of Topliss-reactive ketones (excluding diaryl/α,β-unsaturated/α-hetero) is 1. The number of ketones is 1. The Balaban J connectivity index is 1.52. The predicted octanol–water partition coefficient (Wildman–Crippen LogP) is 5.32. The van der Waals surface area contributed by atoms with Gasteiger partial charge in [0.1, 0.15) is 6.54 Å². The van der Waals surface area contributed by atoms with E-state index in [1.165, 1.54) is 18.2 Å². The summed E-state index contributed by atoms with van der Waals surface area (Å²) in [6.07, 6.45) is 0.759. The monoisotopic (exact) mass is 640 g/mol. The van der Waals surface area contributed by atoms with Crippen molar-refractivity contribution in [1.82, 2.24) is 10.0 Å². The van der Waals surface area contributed by atoms with E-state index in [2.05, 4.69) is 31.9 Å². The van der Waals surface area contributed by atoms with E-state index in [4.69, 9.17) is 23.2 Å². The fourth-order valence-electron chi connectivity index (χ4n) is 5.55. The highest BCUT2D eigenvalue weighted by Crippen LogP contribution is 2.60. The van der Waals surface area contributed by atoms with Crippen LogP contribution in [0.2, 0.25) is 10.0 Å². The first-order chi connectivity index (χ1) is 16.6. The van der Waals surface area contributed by atoms with Gasteiger partial charge in [0.05, 0.1) is 21.9 Å². The Bertz CT molecular complexity index is 1220. The SMILES string of the molecule is Cc1ccc(C(=O)CN(C(=O)c2ccc(Cl)c(Cl)c2)N2C(=O)[C@@H]3[C@H]4C[C@@H]([C@H](Br)[C@H]4Br)[C@H]3C2=O)cc1. The number of nitrogens with zero attached hydrogens (tertiary/aromatic N) is 2. The summed E-state index contributed by atoms with van der Waals surface area (Å²) in [4.78, 5) is 54.2. The average Bonchev–Trinajstić information content (AvgIpc) is 3.44. The second-order valence-corrected chi connectivity index (χ2v) is 12.2. The molecule has 1 aliphatic heterocycles. The molecule has 0 aromatic heterocycles. The third-order valence-electron chi connectivity index (χ3n) is 7.27. The number of halogens is 4. The molecule has 6 atom stereocenters. The fraction of sp³-hybridized carbons (Fsp3) is 0.360. The minimum atomic E-state index is -0.677. The zero-order valence-corrected chi connectivity index (χ0v) is 23.1. The van der Waals surface area contributed by atoms with Crippen molar-refractivity contribution in [2.45, 2.75) is 23.0 Å². The lowest BCUT2D eigenvalue weighted by atomic mass is 9.81. The van der Waals surface area contributed by atoms with Crippen LogP contribution in [0.25, 0.3) is 0 Å². The Hall–Kier alpha value is -1.74. The topological polar surface area (TPSA) is 74.8 Å². The van der Waals surface area contributed by atoms with Crippen LogP contribution in [0, 0.1) is 30.6 Å². The highest BCUT2D eigenvalue weighted by molar-refractivity contribution is 9.12. The lowest BCUT2D eigenvalue weighted by molar-refractivity contribution is -0.154. The summed E-state index contributed by atoms with van der Waals surface area (Å²) in [5.74, 6) is -3.05. The second-order valence-electron chi connectivity index (χ2n) is 9.27. The molecule has 2 saturated carbocycles. The van der Waals surface area contributed by atoms with Crippen molar-refractivity contribution < 1.29 is 19.2 Å². The molecular formula is C25H20Br2Cl2N2O4. The van der Waals surface area contributed by atoms with E-state index in [0.717, 1.165) is 22.0 Å². The van der Waals surface area contributed by atoms with Crippen molar-refractivity contribution in [3.8, 4) is 0 Å². The molecule has 1 saturated heterocycles. The van der Waals surface area contributed by atoms with Crippen molar-refractivity contribution in [1.29, 1.82) is 0 Å². The molecule has 10 heteroatoms. The van der Waals surface area contributed by atoms with E-state index in [9.17, 15) is 19.2 Å². The van der Waals surface area contributed by atoms with Crippen LogP contribution in [0.3, 0.4) is 0 Å². The Morgan fingerprint density at radius 1 is 0.914 bits per heavy atom. The minimum Gasteiger partial charge on any atom is -0.292 e. The van der Waals surface area contributed by atoms with Gasteiger partial charge in [-0.15, -0.1) is 0 Å². The van der Waals surface area contributed by atoms with Gasteiger partial charge in [-0.05, 0) is 43.4 Å². The third kappa shape index (κ3) is 4.06. The molecule has 2 aliphatic carbocycles. The number of hydrazine groups is 1. The molecule has 0 N–H and O–H groups in total. The van der Waals surface area contributed by atoms with E-state index in [-0.39, 0.29) is 37.1 Å². The number of aryl methyl sites for hydroxylation is 1. The molecule has 2 aromatic carbocycles. The zero-order valence-electron chi connectivity index (χ0n) is 18.5. The summed E-state index contributed by atoms with van der Waals surface area (Å²) in [5, 5.41) is 2.28. The van der Waals surface area contributed by atoms with Crippen LogP contribution in [0.1, 0.15) is 32.7 Å². The van der Waals surface area contributed by atoms with Crippen LogP contribution in [-0.2, 0) is 9.59 Å². The third-order valence-corrected chi connectivity index (χ3v) is 11.2. The minimum absolute atomic E-state index is 0.0226. The van der Waals surface area contributed by atoms with Gasteiger partial charge < -0.3 is 0 Å². The Labute approximate surface area is 229 Å². The van der Waals surface area contributed by atoms with E-state index in [0.29, 0.717) is 5.56 Å². The molecule has 0 unspecified atom stereocenters. The fourth-order valence-corrected chi connectivity index (χ4v) is 7.72. The second kappa shape index (κ2) is 9.29. The van der Waals surface area contributed by atoms with E-state index < -0.39 is 41.9 Å². The standard InChI is InChI=1S/C25H20Br2Cl2N2O4/c1-11-2-4-12(5-3-11)18(32)10-30(23(33)13-6-7-16(28)17(29)8-13)31-24(34)19-14-9-15(20(19)25(31)35)22(27)21(14)26/h2-8,14-15,19-22H,9-10H2,1H3/t14-,15-,19-,20-,21+,22+/m1/s1. The van der Waals surface area contributed by atoms with Crippen molar-refractivity contribution >= 4 is 78.6 Å². The van der Waals surface area contributed by atoms with Crippen molar-refractivity contribution in [3.63, 3.8) is 0 Å². The molecule has 2 bridgehead atoms. The number of hydrogen-bond acceptors (Lipinski definition) is 4. The number of alkyl halides is 2. The van der Waals surface area contributed by atoms with Gasteiger partial charge in [0.25, 0.3) is 17.7 Å². The maximum absolute atomic E-state index is 13.6. The summed E-state index contributed by atoms with van der Waals surface area (Å²) in [7, 11) is 0. The van der Waals surface area contributed by atoms with Gasteiger partial charge in [0.15, 0.2) is 5.78 Å². The molecule has 3 amide bonds. The first kappa shape index (κ1) is 24.9. The summed E-state index contributed by atoms with van der Waals surface area (Å²) in [6, 6.07) is 11.2. The molecule has 3 aliphatic rings. The van der Waals surface area contributed by atoms with E-state index in [1.54, 1.807) is 24.3 Å². The molecule has 35 heavy (non-hydrogen) atoms. The maximum Gasteiger partial charge on any atom is 0.273 e. The largest absolute Gasteiger partial charge is 0.292 e. The Morgan fingerprint density at radius 3 is 2.00 bits per heavy atom. The quantitative estimate of drug-likeness (QED) is 0.252. The molecule has 3 fully saturated rings. The highest BCUT2D eigenvalue weighted by atomic mass is 79.9. The van der Waals surface area contributed by atoms with Crippen LogP contribution in [0.4, 0.5) is 0 Å². The van der Waals surface area contributed by atoms with Gasteiger partial charge in [0.2, 0.25) is 0 Å². The lowest BCUT2D eigenvalue weighted by Gasteiger charge is -2.31. The number of carbonyl (C=O) groups excluding carboxylic acids is 4.